The van der Waals surface area contributed by atoms with Crippen LogP contribution in [0.15, 0.2) is 0 Å². The maximum atomic E-state index is 7.00. The van der Waals surface area contributed by atoms with E-state index in [1.54, 1.807) is 0 Å². The van der Waals surface area contributed by atoms with Crippen LogP contribution in [0.3, 0.4) is 0 Å². The molecular weight excluding hydrogens is 186 g/mol. The van der Waals surface area contributed by atoms with E-state index in [1.165, 1.54) is 70.9 Å². The molecule has 0 bridgehead atoms. The Labute approximate surface area is 95.7 Å². The Balaban J connectivity index is 0.000000227. The molecular formula is C13H29NO. The summed E-state index contributed by atoms with van der Waals surface area (Å²) in [5, 5.41) is 7.00. The maximum Gasteiger partial charge on any atom is 0.0319 e. The third-order valence-electron chi connectivity index (χ3n) is 3.08. The van der Waals surface area contributed by atoms with Crippen molar-refractivity contribution in [1.29, 1.82) is 0 Å². The Bertz CT molecular complexity index is 95.6. The molecule has 92 valence electrons. The van der Waals surface area contributed by atoms with Crippen molar-refractivity contribution in [2.24, 2.45) is 0 Å². The average Bonchev–Trinajstić information content (AvgIpc) is 2.36. The van der Waals surface area contributed by atoms with E-state index in [-0.39, 0.29) is 0 Å². The second kappa shape index (κ2) is 12.0. The highest BCUT2D eigenvalue weighted by molar-refractivity contribution is 4.58. The molecule has 1 saturated heterocycles. The number of hydrogen-bond donors (Lipinski definition) is 1. The molecule has 2 rings (SSSR count). The van der Waals surface area contributed by atoms with Crippen LogP contribution in [0.1, 0.15) is 57.8 Å². The van der Waals surface area contributed by atoms with Crippen LogP contribution in [0.2, 0.25) is 0 Å². The molecule has 2 nitrogen and oxygen atoms in total. The minimum atomic E-state index is 1.00. The van der Waals surface area contributed by atoms with Gasteiger partial charge in [0, 0.05) is 7.11 Å². The Morgan fingerprint density at radius 2 is 0.867 bits per heavy atom. The molecule has 0 aromatic rings. The Morgan fingerprint density at radius 3 is 1.07 bits per heavy atom. The second-order valence-electron chi connectivity index (χ2n) is 4.49. The first-order valence-corrected chi connectivity index (χ1v) is 6.53. The smallest absolute Gasteiger partial charge is 0.0319 e. The number of aliphatic hydroxyl groups is 1. The zero-order valence-electron chi connectivity index (χ0n) is 10.7. The van der Waals surface area contributed by atoms with Crippen LogP contribution in [0.5, 0.6) is 0 Å². The zero-order valence-corrected chi connectivity index (χ0v) is 10.7. The molecule has 0 aromatic carbocycles. The van der Waals surface area contributed by atoms with E-state index in [1.807, 2.05) is 0 Å². The Morgan fingerprint density at radius 1 is 0.600 bits per heavy atom. The third kappa shape index (κ3) is 10.2. The van der Waals surface area contributed by atoms with Gasteiger partial charge in [0.05, 0.1) is 0 Å². The molecule has 2 aliphatic rings. The van der Waals surface area contributed by atoms with E-state index >= 15 is 0 Å². The van der Waals surface area contributed by atoms with Crippen molar-refractivity contribution in [3.63, 3.8) is 0 Å². The summed E-state index contributed by atoms with van der Waals surface area (Å²) in [5.41, 5.74) is 0. The zero-order chi connectivity index (χ0) is 11.4. The van der Waals surface area contributed by atoms with Gasteiger partial charge in [-0.2, -0.15) is 0 Å². The normalized spacial score (nSPS) is 21.8. The minimum absolute atomic E-state index is 1.00. The highest BCUT2D eigenvalue weighted by Crippen LogP contribution is 2.15. The maximum absolute atomic E-state index is 7.00. The molecule has 0 amide bonds. The molecule has 15 heavy (non-hydrogen) atoms. The minimum Gasteiger partial charge on any atom is -0.400 e. The van der Waals surface area contributed by atoms with Gasteiger partial charge in [-0.25, -0.2) is 0 Å². The summed E-state index contributed by atoms with van der Waals surface area (Å²) in [6.45, 7) is 2.64. The molecule has 0 atom stereocenters. The molecule has 1 saturated carbocycles. The third-order valence-corrected chi connectivity index (χ3v) is 3.08. The van der Waals surface area contributed by atoms with Crippen molar-refractivity contribution in [3.05, 3.63) is 0 Å². The summed E-state index contributed by atoms with van der Waals surface area (Å²) in [6.07, 6.45) is 13.3. The van der Waals surface area contributed by atoms with Gasteiger partial charge in [0.25, 0.3) is 0 Å². The lowest BCUT2D eigenvalue weighted by Crippen LogP contribution is -2.24. The van der Waals surface area contributed by atoms with Crippen LogP contribution in [0.25, 0.3) is 0 Å². The molecule has 0 unspecified atom stereocenters. The summed E-state index contributed by atoms with van der Waals surface area (Å²) >= 11 is 0. The molecule has 1 aliphatic heterocycles. The van der Waals surface area contributed by atoms with Crippen molar-refractivity contribution in [3.8, 4) is 0 Å². The Hall–Kier alpha value is -0.0800. The van der Waals surface area contributed by atoms with Crippen molar-refractivity contribution in [1.82, 2.24) is 4.90 Å². The average molecular weight is 215 g/mol. The molecule has 0 aromatic heterocycles. The van der Waals surface area contributed by atoms with Gasteiger partial charge >= 0.3 is 0 Å². The van der Waals surface area contributed by atoms with Gasteiger partial charge in [-0.15, -0.1) is 0 Å². The first kappa shape index (κ1) is 14.9. The van der Waals surface area contributed by atoms with Crippen LogP contribution in [-0.4, -0.2) is 37.3 Å². The van der Waals surface area contributed by atoms with Gasteiger partial charge in [0.15, 0.2) is 0 Å². The number of piperidine rings is 1. The summed E-state index contributed by atoms with van der Waals surface area (Å²) in [4.78, 5) is 2.39. The van der Waals surface area contributed by atoms with Gasteiger partial charge in [-0.1, -0.05) is 44.9 Å². The van der Waals surface area contributed by atoms with E-state index in [0.717, 1.165) is 7.11 Å². The standard InChI is InChI=1S/C6H13N.C6H12.CH4O/c1-7-5-3-2-4-6-7;1-2-4-6-5-3-1;1-2/h2-6H2,1H3;1-6H2;2H,1H3. The SMILES string of the molecule is C1CCCCC1.CN1CCCCC1.CO. The molecule has 2 heteroatoms. The van der Waals surface area contributed by atoms with Crippen LogP contribution in [0.4, 0.5) is 0 Å². The van der Waals surface area contributed by atoms with Crippen molar-refractivity contribution in [2.75, 3.05) is 27.2 Å². The van der Waals surface area contributed by atoms with Gasteiger partial charge < -0.3 is 10.0 Å². The summed E-state index contributed by atoms with van der Waals surface area (Å²) in [5.74, 6) is 0. The van der Waals surface area contributed by atoms with Crippen molar-refractivity contribution >= 4 is 0 Å². The van der Waals surface area contributed by atoms with Crippen LogP contribution in [-0.2, 0) is 0 Å². The first-order valence-electron chi connectivity index (χ1n) is 6.53. The van der Waals surface area contributed by atoms with Crippen LogP contribution >= 0.6 is 0 Å². The highest BCUT2D eigenvalue weighted by Gasteiger charge is 2.02. The lowest BCUT2D eigenvalue weighted by Gasteiger charge is -2.20. The fraction of sp³-hybridized carbons (Fsp3) is 1.00. The van der Waals surface area contributed by atoms with Crippen LogP contribution < -0.4 is 0 Å². The highest BCUT2D eigenvalue weighted by atomic mass is 16.2. The van der Waals surface area contributed by atoms with Gasteiger partial charge in [-0.05, 0) is 33.0 Å². The molecule has 1 heterocycles. The number of aliphatic hydroxyl groups excluding tert-OH is 1. The van der Waals surface area contributed by atoms with E-state index < -0.39 is 0 Å². The topological polar surface area (TPSA) is 23.5 Å². The second-order valence-corrected chi connectivity index (χ2v) is 4.49. The number of nitrogens with zero attached hydrogens (tertiary/aromatic N) is 1. The molecule has 2 fully saturated rings. The van der Waals surface area contributed by atoms with Gasteiger partial charge in [-0.3, -0.25) is 0 Å². The van der Waals surface area contributed by atoms with E-state index in [9.17, 15) is 0 Å². The first-order chi connectivity index (χ1) is 7.39. The molecule has 0 radical (unpaired) electrons. The largest absolute Gasteiger partial charge is 0.400 e. The summed E-state index contributed by atoms with van der Waals surface area (Å²) in [6, 6.07) is 0. The van der Waals surface area contributed by atoms with Gasteiger partial charge in [0.2, 0.25) is 0 Å². The summed E-state index contributed by atoms with van der Waals surface area (Å²) in [7, 11) is 3.19. The number of hydrogen-bond acceptors (Lipinski definition) is 2. The van der Waals surface area contributed by atoms with E-state index in [4.69, 9.17) is 5.11 Å². The lowest BCUT2D eigenvalue weighted by atomic mass is 10.0. The fourth-order valence-corrected chi connectivity index (χ4v) is 2.11. The van der Waals surface area contributed by atoms with Crippen molar-refractivity contribution < 1.29 is 5.11 Å². The van der Waals surface area contributed by atoms with Gasteiger partial charge in [0.1, 0.15) is 0 Å². The molecule has 1 aliphatic carbocycles. The van der Waals surface area contributed by atoms with E-state index in [0.29, 0.717) is 0 Å². The molecule has 1 N–H and O–H groups in total. The predicted molar refractivity (Wildman–Crippen MR) is 67.2 cm³/mol. The van der Waals surface area contributed by atoms with Crippen molar-refractivity contribution in [2.45, 2.75) is 57.8 Å². The fourth-order valence-electron chi connectivity index (χ4n) is 2.11. The monoisotopic (exact) mass is 215 g/mol. The lowest BCUT2D eigenvalue weighted by molar-refractivity contribution is 0.277. The quantitative estimate of drug-likeness (QED) is 0.671. The van der Waals surface area contributed by atoms with E-state index in [2.05, 4.69) is 11.9 Å². The number of likely N-dealkylation sites (tertiary alicyclic amines) is 1. The predicted octanol–water partition coefficient (Wildman–Crippen LogP) is 3.05. The Kier molecular flexibility index (Phi) is 11.9. The summed E-state index contributed by atoms with van der Waals surface area (Å²) < 4.78 is 0. The van der Waals surface area contributed by atoms with Crippen LogP contribution in [0, 0.1) is 0 Å². The number of rotatable bonds is 0. The molecule has 0 spiro atoms.